The highest BCUT2D eigenvalue weighted by Crippen LogP contribution is 2.53. The van der Waals surface area contributed by atoms with Crippen LogP contribution in [0.25, 0.3) is 0 Å². The van der Waals surface area contributed by atoms with Gasteiger partial charge in [-0.1, -0.05) is 12.8 Å². The molecule has 4 aliphatic rings. The average molecular weight is 587 g/mol. The monoisotopic (exact) mass is 586 g/mol. The fourth-order valence-electron chi connectivity index (χ4n) is 7.26. The molecule has 5 rings (SSSR count). The number of aromatic hydroxyl groups is 1. The number of hydrogen-bond acceptors (Lipinski definition) is 10. The molecule has 0 heterocycles. The second kappa shape index (κ2) is 10.5. The number of primary amides is 1. The van der Waals surface area contributed by atoms with Gasteiger partial charge in [0.2, 0.25) is 11.7 Å². The number of carbonyl (C=O) groups is 4. The SMILES string of the molecule is CN(CC(=O)Nc1cc(F)c2c(c1O)C(=O)C1=C(O)[C@]3(O)C(=O)C(C(N)=O)=C(O)[C@@H](N(C)C)[C@@H]3C[C@@H]1C2)C1CCCC1. The molecule has 0 aliphatic heterocycles. The maximum Gasteiger partial charge on any atom is 0.255 e. The number of fused-ring (bicyclic) bond motifs is 3. The molecule has 13 heteroatoms. The minimum atomic E-state index is -2.80. The van der Waals surface area contributed by atoms with Crippen molar-refractivity contribution in [3.63, 3.8) is 0 Å². The molecule has 0 radical (unpaired) electrons. The van der Waals surface area contributed by atoms with E-state index in [0.717, 1.165) is 31.7 Å². The molecule has 4 aliphatic carbocycles. The molecule has 4 atom stereocenters. The standard InChI is InChI=1S/C29H35FN4O8/c1-33(2)22-15-9-12-8-14-16(30)10-17(32-18(35)11-34(3)13-6-4-5-7-13)23(36)20(14)24(37)19(12)26(39)29(15,42)27(40)21(25(22)38)28(31)41/h10,12-13,15,22,36,38-39,42H,4-9,11H2,1-3H3,(H2,31,41)(H,32,35)/t12-,15-,22-,29-/m0/s1. The second-order valence-corrected chi connectivity index (χ2v) is 12.0. The number of hydrogen-bond donors (Lipinski definition) is 6. The van der Waals surface area contributed by atoms with Crippen molar-refractivity contribution in [2.45, 2.75) is 56.2 Å². The summed E-state index contributed by atoms with van der Waals surface area (Å²) in [5.41, 5.74) is 0.233. The van der Waals surface area contributed by atoms with E-state index < -0.39 is 86.7 Å². The molecule has 1 aromatic rings. The lowest BCUT2D eigenvalue weighted by Gasteiger charge is -2.50. The van der Waals surface area contributed by atoms with Crippen molar-refractivity contribution in [3.8, 4) is 5.75 Å². The van der Waals surface area contributed by atoms with Crippen LogP contribution < -0.4 is 11.1 Å². The molecule has 0 unspecified atom stereocenters. The van der Waals surface area contributed by atoms with E-state index in [-0.39, 0.29) is 36.7 Å². The van der Waals surface area contributed by atoms with Gasteiger partial charge in [-0.3, -0.25) is 29.0 Å². The molecule has 0 spiro atoms. The first-order valence-corrected chi connectivity index (χ1v) is 13.9. The largest absolute Gasteiger partial charge is 0.510 e. The van der Waals surface area contributed by atoms with E-state index >= 15 is 4.39 Å². The Morgan fingerprint density at radius 1 is 1.14 bits per heavy atom. The first kappa shape index (κ1) is 29.7. The van der Waals surface area contributed by atoms with Crippen LogP contribution in [0.15, 0.2) is 28.7 Å². The fourth-order valence-corrected chi connectivity index (χ4v) is 7.26. The number of nitrogens with one attached hydrogen (secondary N) is 1. The van der Waals surface area contributed by atoms with Crippen LogP contribution in [-0.4, -0.2) is 99.0 Å². The van der Waals surface area contributed by atoms with Gasteiger partial charge in [0.25, 0.3) is 5.91 Å². The van der Waals surface area contributed by atoms with Crippen molar-refractivity contribution in [1.82, 2.24) is 9.80 Å². The molecule has 2 amide bonds. The van der Waals surface area contributed by atoms with Crippen molar-refractivity contribution in [2.24, 2.45) is 17.6 Å². The third-order valence-corrected chi connectivity index (χ3v) is 9.28. The molecule has 7 N–H and O–H groups in total. The van der Waals surface area contributed by atoms with Crippen LogP contribution in [-0.2, 0) is 20.8 Å². The molecule has 1 saturated carbocycles. The Hall–Kier alpha value is -3.81. The van der Waals surface area contributed by atoms with E-state index in [1.165, 1.54) is 19.0 Å². The van der Waals surface area contributed by atoms with Crippen molar-refractivity contribution >= 4 is 29.1 Å². The molecule has 0 bridgehead atoms. The molecule has 0 aromatic heterocycles. The normalized spacial score (nSPS) is 27.8. The molecule has 12 nitrogen and oxygen atoms in total. The number of anilines is 1. The quantitative estimate of drug-likeness (QED) is 0.207. The number of likely N-dealkylation sites (N-methyl/N-ethyl adjacent to an activating group) is 2. The minimum Gasteiger partial charge on any atom is -0.510 e. The highest BCUT2D eigenvalue weighted by atomic mass is 19.1. The van der Waals surface area contributed by atoms with Gasteiger partial charge in [0.05, 0.1) is 23.8 Å². The predicted octanol–water partition coefficient (Wildman–Crippen LogP) is 1.07. The zero-order chi connectivity index (χ0) is 30.8. The van der Waals surface area contributed by atoms with Gasteiger partial charge in [0.15, 0.2) is 17.1 Å². The Labute approximate surface area is 241 Å². The number of phenols is 1. The summed E-state index contributed by atoms with van der Waals surface area (Å²) in [6.07, 6.45) is 3.70. The second-order valence-electron chi connectivity index (χ2n) is 12.0. The van der Waals surface area contributed by atoms with Gasteiger partial charge in [0, 0.05) is 29.2 Å². The Morgan fingerprint density at radius 2 is 1.79 bits per heavy atom. The first-order chi connectivity index (χ1) is 19.7. The molecule has 1 fully saturated rings. The number of allylic oxidation sites excluding steroid dienone is 1. The number of aliphatic hydroxyl groups excluding tert-OH is 2. The Bertz CT molecular complexity index is 1460. The lowest BCUT2D eigenvalue weighted by Crippen LogP contribution is -2.63. The number of nitrogens with zero attached hydrogens (tertiary/aromatic N) is 2. The molecule has 226 valence electrons. The number of halogens is 1. The van der Waals surface area contributed by atoms with Gasteiger partial charge in [-0.25, -0.2) is 4.39 Å². The summed E-state index contributed by atoms with van der Waals surface area (Å²) in [4.78, 5) is 55.3. The van der Waals surface area contributed by atoms with E-state index in [9.17, 15) is 39.6 Å². The highest BCUT2D eigenvalue weighted by Gasteiger charge is 2.63. The number of carbonyl (C=O) groups excluding carboxylic acids is 4. The van der Waals surface area contributed by atoms with Crippen molar-refractivity contribution in [2.75, 3.05) is 33.0 Å². The van der Waals surface area contributed by atoms with E-state index in [4.69, 9.17) is 5.73 Å². The number of ketones is 2. The maximum absolute atomic E-state index is 15.5. The Morgan fingerprint density at radius 3 is 2.38 bits per heavy atom. The van der Waals surface area contributed by atoms with Crippen LogP contribution in [0.3, 0.4) is 0 Å². The summed E-state index contributed by atoms with van der Waals surface area (Å²) >= 11 is 0. The summed E-state index contributed by atoms with van der Waals surface area (Å²) in [5.74, 6) is -9.66. The van der Waals surface area contributed by atoms with E-state index in [1.807, 2.05) is 4.90 Å². The lowest BCUT2D eigenvalue weighted by molar-refractivity contribution is -0.148. The number of Topliss-reactive ketones (excluding diaryl/α,β-unsaturated/α-hetero) is 2. The summed E-state index contributed by atoms with van der Waals surface area (Å²) in [5, 5.41) is 47.3. The summed E-state index contributed by atoms with van der Waals surface area (Å²) in [7, 11) is 4.84. The van der Waals surface area contributed by atoms with Crippen LogP contribution in [0.5, 0.6) is 5.75 Å². The number of phenolic OH excluding ortho intramolecular Hbond substituents is 1. The molecule has 42 heavy (non-hydrogen) atoms. The number of aliphatic hydroxyl groups is 3. The summed E-state index contributed by atoms with van der Waals surface area (Å²) in [6, 6.07) is 0.0253. The fraction of sp³-hybridized carbons (Fsp3) is 0.517. The van der Waals surface area contributed by atoms with Gasteiger partial charge < -0.3 is 31.5 Å². The van der Waals surface area contributed by atoms with Crippen LogP contribution in [0.1, 0.15) is 48.0 Å². The topological polar surface area (TPSA) is 194 Å². The van der Waals surface area contributed by atoms with Crippen molar-refractivity contribution in [3.05, 3.63) is 45.7 Å². The van der Waals surface area contributed by atoms with E-state index in [1.54, 1.807) is 7.05 Å². The summed E-state index contributed by atoms with van der Waals surface area (Å²) in [6.45, 7) is -0.0170. The third-order valence-electron chi connectivity index (χ3n) is 9.28. The highest BCUT2D eigenvalue weighted by molar-refractivity contribution is 6.25. The Balaban J connectivity index is 1.54. The smallest absolute Gasteiger partial charge is 0.255 e. The van der Waals surface area contributed by atoms with Gasteiger partial charge in [-0.2, -0.15) is 0 Å². The first-order valence-electron chi connectivity index (χ1n) is 13.9. The molecule has 1 aromatic carbocycles. The lowest BCUT2D eigenvalue weighted by atomic mass is 9.58. The predicted molar refractivity (Wildman–Crippen MR) is 147 cm³/mol. The molecular formula is C29H35FN4O8. The van der Waals surface area contributed by atoms with E-state index in [0.29, 0.717) is 0 Å². The Kier molecular flexibility index (Phi) is 7.40. The van der Waals surface area contributed by atoms with Crippen molar-refractivity contribution < 1.29 is 44.0 Å². The summed E-state index contributed by atoms with van der Waals surface area (Å²) < 4.78 is 15.5. The maximum atomic E-state index is 15.5. The van der Waals surface area contributed by atoms with Gasteiger partial charge >= 0.3 is 0 Å². The van der Waals surface area contributed by atoms with Gasteiger partial charge in [-0.15, -0.1) is 0 Å². The van der Waals surface area contributed by atoms with Gasteiger partial charge in [-0.05, 0) is 52.7 Å². The van der Waals surface area contributed by atoms with Crippen LogP contribution in [0, 0.1) is 17.7 Å². The van der Waals surface area contributed by atoms with Crippen LogP contribution in [0.2, 0.25) is 0 Å². The van der Waals surface area contributed by atoms with Crippen molar-refractivity contribution in [1.29, 1.82) is 0 Å². The number of rotatable bonds is 6. The zero-order valence-corrected chi connectivity index (χ0v) is 23.6. The molecule has 0 saturated heterocycles. The van der Waals surface area contributed by atoms with Crippen LogP contribution >= 0.6 is 0 Å². The number of amides is 2. The zero-order valence-electron chi connectivity index (χ0n) is 23.6. The van der Waals surface area contributed by atoms with E-state index in [2.05, 4.69) is 5.32 Å². The van der Waals surface area contributed by atoms with Gasteiger partial charge in [0.1, 0.15) is 22.9 Å². The number of nitrogens with two attached hydrogens (primary N) is 1. The third kappa shape index (κ3) is 4.38. The number of benzene rings is 1. The average Bonchev–Trinajstić information content (AvgIpc) is 3.44. The molecular weight excluding hydrogens is 551 g/mol. The minimum absolute atomic E-state index is 0.0170. The van der Waals surface area contributed by atoms with Crippen LogP contribution in [0.4, 0.5) is 10.1 Å².